The highest BCUT2D eigenvalue weighted by Crippen LogP contribution is 2.45. The topological polar surface area (TPSA) is 71.2 Å². The van der Waals surface area contributed by atoms with E-state index in [1.165, 1.54) is 0 Å². The van der Waals surface area contributed by atoms with Crippen molar-refractivity contribution in [2.24, 2.45) is 0 Å². The number of pyridine rings is 1. The molecule has 9 rings (SSSR count). The summed E-state index contributed by atoms with van der Waals surface area (Å²) in [6, 6.07) is 45.4. The number of para-hydroxylation sites is 2. The molecular weight excluding hydrogens is 635 g/mol. The number of hydrogen-bond acceptors (Lipinski definition) is 4. The van der Waals surface area contributed by atoms with Crippen molar-refractivity contribution >= 4 is 72.5 Å². The summed E-state index contributed by atoms with van der Waals surface area (Å²) in [5.74, 6) is -0.512. The van der Waals surface area contributed by atoms with Crippen LogP contribution in [-0.4, -0.2) is 48.3 Å². The maximum absolute atomic E-state index is 11.2. The Balaban J connectivity index is 1.27. The summed E-state index contributed by atoms with van der Waals surface area (Å²) in [5, 5.41) is 26.5. The van der Waals surface area contributed by atoms with Gasteiger partial charge in [0.15, 0.2) is 11.5 Å². The predicted octanol–water partition coefficient (Wildman–Crippen LogP) is 7.19. The molecule has 0 atom stereocenters. The van der Waals surface area contributed by atoms with Crippen molar-refractivity contribution in [1.29, 1.82) is 0 Å². The van der Waals surface area contributed by atoms with Gasteiger partial charge in [-0.05, 0) is 79.2 Å². The van der Waals surface area contributed by atoms with Crippen molar-refractivity contribution in [1.82, 2.24) is 14.5 Å². The number of phenols is 2. The maximum atomic E-state index is 11.2. The van der Waals surface area contributed by atoms with Gasteiger partial charge in [0.2, 0.25) is 0 Å². The Morgan fingerprint density at radius 1 is 0.481 bits per heavy atom. The number of rotatable bonds is 5. The predicted molar refractivity (Wildman–Crippen MR) is 215 cm³/mol. The lowest BCUT2D eigenvalue weighted by Crippen LogP contribution is -2.41. The fraction of sp³-hybridized carbons (Fsp3) is 0. The maximum Gasteiger partial charge on any atom is 0.180 e. The van der Waals surface area contributed by atoms with E-state index in [0.717, 1.165) is 60.5 Å². The van der Waals surface area contributed by atoms with E-state index in [-0.39, 0.29) is 22.1 Å². The first kappa shape index (κ1) is 31.5. The molecule has 2 heterocycles. The molecule has 0 aliphatic rings. The molecule has 2 aromatic heterocycles. The molecule has 0 saturated carbocycles. The summed E-state index contributed by atoms with van der Waals surface area (Å²) in [4.78, 5) is 9.30. The molecule has 8 heteroatoms. The Morgan fingerprint density at radius 3 is 1.71 bits per heavy atom. The molecule has 9 aromatic rings. The summed E-state index contributed by atoms with van der Waals surface area (Å²) in [6.07, 6.45) is 3.66. The van der Waals surface area contributed by atoms with Crippen molar-refractivity contribution < 1.29 is 10.2 Å². The Labute approximate surface area is 304 Å². The first-order valence-corrected chi connectivity index (χ1v) is 16.8. The molecule has 52 heavy (non-hydrogen) atoms. The van der Waals surface area contributed by atoms with Gasteiger partial charge in [-0.3, -0.25) is 9.55 Å². The number of aromatic hydroxyl groups is 2. The summed E-state index contributed by atoms with van der Waals surface area (Å²) >= 11 is 0. The largest absolute Gasteiger partial charge is 0.505 e. The van der Waals surface area contributed by atoms with Gasteiger partial charge in [0.25, 0.3) is 0 Å². The van der Waals surface area contributed by atoms with Gasteiger partial charge in [-0.2, -0.15) is 0 Å². The molecular formula is C44H26B3N3O2. The van der Waals surface area contributed by atoms with Crippen molar-refractivity contribution in [2.45, 2.75) is 0 Å². The van der Waals surface area contributed by atoms with Crippen LogP contribution in [0.5, 0.6) is 11.5 Å². The van der Waals surface area contributed by atoms with Crippen molar-refractivity contribution in [3.63, 3.8) is 0 Å². The first-order valence-electron chi connectivity index (χ1n) is 16.8. The molecule has 7 aromatic carbocycles. The molecule has 238 valence electrons. The zero-order valence-electron chi connectivity index (χ0n) is 27.8. The Morgan fingerprint density at radius 2 is 1.06 bits per heavy atom. The van der Waals surface area contributed by atoms with E-state index < -0.39 is 11.5 Å². The third kappa shape index (κ3) is 4.90. The summed E-state index contributed by atoms with van der Waals surface area (Å²) in [7, 11) is 18.7. The van der Waals surface area contributed by atoms with Crippen LogP contribution in [0.1, 0.15) is 0 Å². The van der Waals surface area contributed by atoms with Gasteiger partial charge in [0, 0.05) is 18.0 Å². The van der Waals surface area contributed by atoms with Gasteiger partial charge in [0.05, 0.1) is 16.7 Å². The highest BCUT2D eigenvalue weighted by molar-refractivity contribution is 6.59. The van der Waals surface area contributed by atoms with Gasteiger partial charge in [-0.1, -0.05) is 120 Å². The monoisotopic (exact) mass is 661 g/mol. The Kier molecular flexibility index (Phi) is 7.48. The Hall–Kier alpha value is -6.53. The molecule has 0 fully saturated rings. The highest BCUT2D eigenvalue weighted by atomic mass is 16.3. The minimum Gasteiger partial charge on any atom is -0.505 e. The van der Waals surface area contributed by atoms with Gasteiger partial charge in [0.1, 0.15) is 29.4 Å². The van der Waals surface area contributed by atoms with E-state index in [2.05, 4.69) is 96.0 Å². The lowest BCUT2D eigenvalue weighted by Gasteiger charge is -2.20. The highest BCUT2D eigenvalue weighted by Gasteiger charge is 2.24. The zero-order chi connectivity index (χ0) is 35.5. The third-order valence-corrected chi connectivity index (χ3v) is 9.83. The number of aromatic nitrogens is 3. The average molecular weight is 661 g/mol. The van der Waals surface area contributed by atoms with Crippen LogP contribution in [0.3, 0.4) is 0 Å². The second kappa shape index (κ2) is 12.4. The summed E-state index contributed by atoms with van der Waals surface area (Å²) in [6.45, 7) is 0. The van der Waals surface area contributed by atoms with Crippen LogP contribution in [0.2, 0.25) is 0 Å². The molecule has 0 saturated heterocycles. The first-order chi connectivity index (χ1) is 25.4. The smallest absolute Gasteiger partial charge is 0.180 e. The minimum atomic E-state index is -0.538. The van der Waals surface area contributed by atoms with Crippen LogP contribution in [0.15, 0.2) is 146 Å². The number of imidazole rings is 1. The molecule has 0 unspecified atom stereocenters. The Bertz CT molecular complexity index is 2770. The SMILES string of the molecule is [B]c1c([B])c(O)c(O)c(-n2c(-c3cccc(-c4c5ccccc5c(-c5ccc(-c6cccnc6)cc5)c5ccccc45)c3)nc3ccccc32)c1[B]. The lowest BCUT2D eigenvalue weighted by atomic mass is 9.70. The average Bonchev–Trinajstić information content (AvgIpc) is 3.58. The van der Waals surface area contributed by atoms with Gasteiger partial charge < -0.3 is 10.2 Å². The normalized spacial score (nSPS) is 11.5. The van der Waals surface area contributed by atoms with E-state index in [9.17, 15) is 10.2 Å². The van der Waals surface area contributed by atoms with E-state index in [1.807, 2.05) is 48.7 Å². The number of hydrogen-bond donors (Lipinski definition) is 2. The molecule has 2 N–H and O–H groups in total. The van der Waals surface area contributed by atoms with E-state index >= 15 is 0 Å². The van der Waals surface area contributed by atoms with Crippen molar-refractivity contribution in [3.8, 4) is 62.0 Å². The zero-order valence-corrected chi connectivity index (χ0v) is 27.8. The molecule has 0 aliphatic heterocycles. The van der Waals surface area contributed by atoms with Crippen LogP contribution >= 0.6 is 0 Å². The molecule has 6 radical (unpaired) electrons. The van der Waals surface area contributed by atoms with Crippen LogP contribution in [0.25, 0.3) is 83.0 Å². The minimum absolute atomic E-state index is 0.0208. The lowest BCUT2D eigenvalue weighted by molar-refractivity contribution is 0.406. The van der Waals surface area contributed by atoms with E-state index in [4.69, 9.17) is 28.5 Å². The molecule has 0 amide bonds. The fourth-order valence-electron chi connectivity index (χ4n) is 7.37. The number of nitrogens with zero attached hydrogens (tertiary/aromatic N) is 3. The summed E-state index contributed by atoms with van der Waals surface area (Å²) < 4.78 is 1.73. The second-order valence-electron chi connectivity index (χ2n) is 12.8. The van der Waals surface area contributed by atoms with Gasteiger partial charge in [-0.25, -0.2) is 4.98 Å². The van der Waals surface area contributed by atoms with E-state index in [1.54, 1.807) is 10.8 Å². The molecule has 0 bridgehead atoms. The van der Waals surface area contributed by atoms with E-state index in [0.29, 0.717) is 16.9 Å². The van der Waals surface area contributed by atoms with Crippen molar-refractivity contribution in [3.05, 3.63) is 146 Å². The standard InChI is InChI=1S/C44H26B3N3O2/c45-38-39(46)41(43(52)42(51)40(38)47)50-35-17-6-5-16-34(35)49-44(50)28-10-7-9-27(23-28)37-32-14-3-1-12-30(32)36(31-13-2-4-15-33(31)37)26-20-18-25(19-21-26)29-11-8-22-48-24-29/h1-24,51-52H. The number of benzene rings is 7. The quantitative estimate of drug-likeness (QED) is 0.117. The number of phenolic OH excluding ortho intramolecular Hbond substituents is 2. The van der Waals surface area contributed by atoms with Crippen LogP contribution < -0.4 is 16.4 Å². The molecule has 5 nitrogen and oxygen atoms in total. The van der Waals surface area contributed by atoms with Crippen LogP contribution in [-0.2, 0) is 0 Å². The third-order valence-electron chi connectivity index (χ3n) is 9.83. The second-order valence-corrected chi connectivity index (χ2v) is 12.8. The van der Waals surface area contributed by atoms with Crippen LogP contribution in [0.4, 0.5) is 0 Å². The van der Waals surface area contributed by atoms with Crippen molar-refractivity contribution in [2.75, 3.05) is 0 Å². The number of fused-ring (bicyclic) bond motifs is 3. The van der Waals surface area contributed by atoms with Crippen LogP contribution in [0, 0.1) is 0 Å². The summed E-state index contributed by atoms with van der Waals surface area (Å²) in [5.41, 5.74) is 8.59. The van der Waals surface area contributed by atoms with Gasteiger partial charge >= 0.3 is 0 Å². The van der Waals surface area contributed by atoms with Gasteiger partial charge in [-0.15, -0.1) is 5.46 Å². The molecule has 0 spiro atoms. The molecule has 0 aliphatic carbocycles. The fourth-order valence-corrected chi connectivity index (χ4v) is 7.37.